The quantitative estimate of drug-likeness (QED) is 0.708. The van der Waals surface area contributed by atoms with Crippen LogP contribution in [0, 0.1) is 11.3 Å². The second-order valence-corrected chi connectivity index (χ2v) is 7.85. The van der Waals surface area contributed by atoms with Crippen molar-refractivity contribution in [1.82, 2.24) is 4.90 Å². The smallest absolute Gasteiger partial charge is 0.338 e. The van der Waals surface area contributed by atoms with Gasteiger partial charge >= 0.3 is 11.9 Å². The Bertz CT molecular complexity index is 913. The Morgan fingerprint density at radius 3 is 2.78 bits per heavy atom. The molecule has 1 aromatic heterocycles. The molecule has 0 aliphatic carbocycles. The van der Waals surface area contributed by atoms with Crippen LogP contribution in [0.4, 0.5) is 0 Å². The van der Waals surface area contributed by atoms with Gasteiger partial charge in [-0.2, -0.15) is 5.26 Å². The lowest BCUT2D eigenvalue weighted by molar-refractivity contribution is -0.140. The third-order valence-corrected chi connectivity index (χ3v) is 6.30. The Balaban J connectivity index is 2.18. The van der Waals surface area contributed by atoms with Crippen LogP contribution in [0.15, 0.2) is 39.5 Å². The Labute approximate surface area is 162 Å². The zero-order chi connectivity index (χ0) is 19.7. The third-order valence-electron chi connectivity index (χ3n) is 4.08. The number of nitriles is 1. The van der Waals surface area contributed by atoms with Crippen LogP contribution in [0.5, 0.6) is 0 Å². The summed E-state index contributed by atoms with van der Waals surface area (Å²) in [7, 11) is 0. The van der Waals surface area contributed by atoms with Gasteiger partial charge in [0.15, 0.2) is 0 Å². The van der Waals surface area contributed by atoms with Crippen LogP contribution in [0.3, 0.4) is 0 Å². The normalized spacial score (nSPS) is 21.9. The largest absolute Gasteiger partial charge is 0.481 e. The second-order valence-electron chi connectivity index (χ2n) is 5.68. The van der Waals surface area contributed by atoms with Gasteiger partial charge in [0.25, 0.3) is 0 Å². The van der Waals surface area contributed by atoms with Crippen LogP contribution >= 0.6 is 23.1 Å². The van der Waals surface area contributed by atoms with Crippen molar-refractivity contribution in [2.45, 2.75) is 24.5 Å². The Morgan fingerprint density at radius 1 is 1.48 bits per heavy atom. The molecule has 27 heavy (non-hydrogen) atoms. The van der Waals surface area contributed by atoms with E-state index in [-0.39, 0.29) is 28.6 Å². The second kappa shape index (κ2) is 7.46. The van der Waals surface area contributed by atoms with Crippen LogP contribution in [0.25, 0.3) is 0 Å². The fourth-order valence-electron chi connectivity index (χ4n) is 3.00. The first-order valence-corrected chi connectivity index (χ1v) is 9.73. The summed E-state index contributed by atoms with van der Waals surface area (Å²) in [6, 6.07) is 5.63. The first-order valence-electron chi connectivity index (χ1n) is 7.97. The van der Waals surface area contributed by atoms with Gasteiger partial charge in [-0.3, -0.25) is 14.5 Å². The molecule has 2 aliphatic heterocycles. The Morgan fingerprint density at radius 2 is 2.22 bits per heavy atom. The van der Waals surface area contributed by atoms with Gasteiger partial charge in [0, 0.05) is 4.88 Å². The lowest BCUT2D eigenvalue weighted by Crippen LogP contribution is -2.39. The molecule has 8 nitrogen and oxygen atoms in total. The number of carboxylic acid groups (broad SMARTS) is 1. The molecular formula is C17H15N3O5S2. The minimum Gasteiger partial charge on any atom is -0.481 e. The summed E-state index contributed by atoms with van der Waals surface area (Å²) in [5.41, 5.74) is 6.38. The first-order chi connectivity index (χ1) is 12.9. The van der Waals surface area contributed by atoms with Gasteiger partial charge in [0.2, 0.25) is 5.91 Å². The molecule has 3 N–H and O–H groups in total. The number of allylic oxidation sites excluding steroid dienone is 1. The fourth-order valence-corrected chi connectivity index (χ4v) is 5.13. The monoisotopic (exact) mass is 405 g/mol. The van der Waals surface area contributed by atoms with Gasteiger partial charge in [-0.05, 0) is 18.4 Å². The SMILES string of the molecule is CCOC(=O)C1=C(N)N2C(=O)C(CC(=O)O)SC2=C(C#N)C1c1cccs1. The third kappa shape index (κ3) is 3.20. The minimum absolute atomic E-state index is 0.0181. The summed E-state index contributed by atoms with van der Waals surface area (Å²) in [4.78, 5) is 38.2. The number of aliphatic carboxylic acids is 1. The molecule has 0 radical (unpaired) electrons. The lowest BCUT2D eigenvalue weighted by atomic mass is 9.87. The number of thiophene rings is 1. The number of nitrogens with zero attached hydrogens (tertiary/aromatic N) is 2. The highest BCUT2D eigenvalue weighted by Gasteiger charge is 2.48. The van der Waals surface area contributed by atoms with Gasteiger partial charge in [0.1, 0.15) is 11.1 Å². The molecule has 2 aliphatic rings. The van der Waals surface area contributed by atoms with E-state index in [1.54, 1.807) is 24.4 Å². The van der Waals surface area contributed by atoms with Crippen LogP contribution in [0.1, 0.15) is 24.1 Å². The van der Waals surface area contributed by atoms with Gasteiger partial charge < -0.3 is 15.6 Å². The summed E-state index contributed by atoms with van der Waals surface area (Å²) in [5, 5.41) is 20.0. The van der Waals surface area contributed by atoms with E-state index < -0.39 is 35.4 Å². The van der Waals surface area contributed by atoms with Crippen molar-refractivity contribution in [2.24, 2.45) is 5.73 Å². The van der Waals surface area contributed by atoms with E-state index in [0.717, 1.165) is 16.7 Å². The number of esters is 1. The number of carbonyl (C=O) groups excluding carboxylic acids is 2. The maximum absolute atomic E-state index is 12.7. The van der Waals surface area contributed by atoms with Crippen LogP contribution < -0.4 is 5.73 Å². The number of nitrogens with two attached hydrogens (primary N) is 1. The van der Waals surface area contributed by atoms with E-state index in [1.807, 2.05) is 0 Å². The highest BCUT2D eigenvalue weighted by atomic mass is 32.2. The molecule has 3 rings (SSSR count). The van der Waals surface area contributed by atoms with E-state index in [9.17, 15) is 19.6 Å². The van der Waals surface area contributed by atoms with Crippen molar-refractivity contribution >= 4 is 40.9 Å². The van der Waals surface area contributed by atoms with Crippen molar-refractivity contribution in [3.05, 3.63) is 44.4 Å². The molecule has 3 heterocycles. The molecule has 2 unspecified atom stereocenters. The fraction of sp³-hybridized carbons (Fsp3) is 0.294. The highest BCUT2D eigenvalue weighted by molar-refractivity contribution is 8.04. The molecule has 1 fully saturated rings. The van der Waals surface area contributed by atoms with Gasteiger partial charge in [-0.25, -0.2) is 4.79 Å². The van der Waals surface area contributed by atoms with E-state index in [1.165, 1.54) is 11.3 Å². The molecule has 10 heteroatoms. The number of hydrogen-bond acceptors (Lipinski definition) is 8. The number of thioether (sulfide) groups is 1. The summed E-state index contributed by atoms with van der Waals surface area (Å²) in [6.45, 7) is 1.75. The predicted octanol–water partition coefficient (Wildman–Crippen LogP) is 1.73. The van der Waals surface area contributed by atoms with E-state index in [2.05, 4.69) is 6.07 Å². The van der Waals surface area contributed by atoms with Crippen molar-refractivity contribution in [1.29, 1.82) is 5.26 Å². The number of ether oxygens (including phenoxy) is 1. The van der Waals surface area contributed by atoms with Crippen molar-refractivity contribution in [3.8, 4) is 6.07 Å². The van der Waals surface area contributed by atoms with Gasteiger partial charge in [-0.15, -0.1) is 11.3 Å². The average Bonchev–Trinajstić information content (AvgIpc) is 3.23. The topological polar surface area (TPSA) is 134 Å². The molecule has 0 bridgehead atoms. The number of carboxylic acids is 1. The average molecular weight is 405 g/mol. The zero-order valence-corrected chi connectivity index (χ0v) is 15.8. The molecule has 1 aromatic rings. The number of fused-ring (bicyclic) bond motifs is 1. The number of hydrogen-bond donors (Lipinski definition) is 2. The molecule has 2 atom stereocenters. The van der Waals surface area contributed by atoms with Crippen molar-refractivity contribution in [3.63, 3.8) is 0 Å². The summed E-state index contributed by atoms with van der Waals surface area (Å²) in [6.07, 6.45) is -0.409. The highest BCUT2D eigenvalue weighted by Crippen LogP contribution is 2.50. The minimum atomic E-state index is -1.14. The van der Waals surface area contributed by atoms with Crippen molar-refractivity contribution < 1.29 is 24.2 Å². The first kappa shape index (κ1) is 19.0. The van der Waals surface area contributed by atoms with Crippen molar-refractivity contribution in [2.75, 3.05) is 6.61 Å². The molecule has 140 valence electrons. The Kier molecular flexibility index (Phi) is 5.25. The van der Waals surface area contributed by atoms with E-state index in [0.29, 0.717) is 4.88 Å². The summed E-state index contributed by atoms with van der Waals surface area (Å²) < 4.78 is 5.10. The molecule has 1 amide bonds. The lowest BCUT2D eigenvalue weighted by Gasteiger charge is -2.30. The maximum Gasteiger partial charge on any atom is 0.338 e. The summed E-state index contributed by atoms with van der Waals surface area (Å²) in [5.74, 6) is -3.29. The zero-order valence-electron chi connectivity index (χ0n) is 14.2. The Hall–Kier alpha value is -2.77. The number of rotatable bonds is 5. The van der Waals surface area contributed by atoms with Crippen LogP contribution in [-0.4, -0.2) is 39.7 Å². The molecule has 0 saturated carbocycles. The maximum atomic E-state index is 12.7. The molecule has 0 aromatic carbocycles. The van der Waals surface area contributed by atoms with Crippen LogP contribution in [-0.2, 0) is 19.1 Å². The van der Waals surface area contributed by atoms with Gasteiger partial charge in [0.05, 0.1) is 41.2 Å². The van der Waals surface area contributed by atoms with Gasteiger partial charge in [-0.1, -0.05) is 17.8 Å². The van der Waals surface area contributed by atoms with Crippen LogP contribution in [0.2, 0.25) is 0 Å². The van der Waals surface area contributed by atoms with E-state index in [4.69, 9.17) is 15.6 Å². The standard InChI is InChI=1S/C17H15N3O5S2/c1-2-25-17(24)13-12(9-4-3-5-26-9)8(7-18)16-20(14(13)19)15(23)10(27-16)6-11(21)22/h3-5,10,12H,2,6,19H2,1H3,(H,21,22). The molecule has 0 spiro atoms. The predicted molar refractivity (Wildman–Crippen MR) is 98.0 cm³/mol. The molecular weight excluding hydrogens is 390 g/mol. The number of amides is 1. The summed E-state index contributed by atoms with van der Waals surface area (Å²) >= 11 is 2.33. The van der Waals surface area contributed by atoms with E-state index >= 15 is 0 Å². The number of carbonyl (C=O) groups is 3. The molecule has 1 saturated heterocycles.